The molecule has 1 aliphatic heterocycles. The molecule has 1 aromatic heterocycles. The van der Waals surface area contributed by atoms with Crippen LogP contribution in [0.5, 0.6) is 0 Å². The number of aromatic amines is 1. The van der Waals surface area contributed by atoms with Crippen LogP contribution in [0.3, 0.4) is 0 Å². The lowest BCUT2D eigenvalue weighted by Crippen LogP contribution is -2.39. The predicted octanol–water partition coefficient (Wildman–Crippen LogP) is 3.68. The SMILES string of the molecule is O=C(Nc1ccc(-c2nc(Cc3cccc(F)c3)n[nH]2)cc1)c1cccc(CN2CCS(=O)(=O)CC2)c1. The molecule has 2 N–H and O–H groups in total. The number of rotatable bonds is 7. The van der Waals surface area contributed by atoms with E-state index in [0.29, 0.717) is 49.0 Å². The predicted molar refractivity (Wildman–Crippen MR) is 139 cm³/mol. The maximum Gasteiger partial charge on any atom is 0.255 e. The van der Waals surface area contributed by atoms with Gasteiger partial charge in [0.2, 0.25) is 0 Å². The zero-order valence-corrected chi connectivity index (χ0v) is 20.8. The normalized spacial score (nSPS) is 15.4. The van der Waals surface area contributed by atoms with Crippen LogP contribution < -0.4 is 5.32 Å². The minimum absolute atomic E-state index is 0.172. The van der Waals surface area contributed by atoms with Crippen molar-refractivity contribution in [2.75, 3.05) is 29.9 Å². The van der Waals surface area contributed by atoms with Gasteiger partial charge in [0, 0.05) is 42.9 Å². The number of benzene rings is 3. The standard InChI is InChI=1S/C27H26FN5O3S/c28-23-6-2-3-19(16-23)17-25-30-26(32-31-25)21-7-9-24(10-8-21)29-27(34)22-5-1-4-20(15-22)18-33-11-13-37(35,36)14-12-33/h1-10,15-16H,11-14,17-18H2,(H,29,34)(H,30,31,32). The molecule has 1 aliphatic rings. The topological polar surface area (TPSA) is 108 Å². The van der Waals surface area contributed by atoms with Crippen LogP contribution in [0.2, 0.25) is 0 Å². The number of carbonyl (C=O) groups excluding carboxylic acids is 1. The summed E-state index contributed by atoms with van der Waals surface area (Å²) < 4.78 is 36.7. The molecule has 8 nitrogen and oxygen atoms in total. The summed E-state index contributed by atoms with van der Waals surface area (Å²) in [6.45, 7) is 1.61. The van der Waals surface area contributed by atoms with Crippen LogP contribution >= 0.6 is 0 Å². The van der Waals surface area contributed by atoms with Crippen LogP contribution in [0.25, 0.3) is 11.4 Å². The Kier molecular flexibility index (Phi) is 7.11. The van der Waals surface area contributed by atoms with E-state index in [1.54, 1.807) is 24.3 Å². The fourth-order valence-electron chi connectivity index (χ4n) is 4.23. The van der Waals surface area contributed by atoms with Crippen LogP contribution in [-0.4, -0.2) is 59.0 Å². The van der Waals surface area contributed by atoms with Gasteiger partial charge in [0.05, 0.1) is 11.5 Å². The monoisotopic (exact) mass is 519 g/mol. The molecule has 0 spiro atoms. The van der Waals surface area contributed by atoms with Crippen molar-refractivity contribution in [3.05, 3.63) is 101 Å². The molecule has 0 bridgehead atoms. The highest BCUT2D eigenvalue weighted by Crippen LogP contribution is 2.20. The molecule has 3 aromatic carbocycles. The molecular weight excluding hydrogens is 493 g/mol. The lowest BCUT2D eigenvalue weighted by molar-refractivity contribution is 0.102. The molecule has 1 fully saturated rings. The van der Waals surface area contributed by atoms with Gasteiger partial charge in [-0.2, -0.15) is 5.10 Å². The van der Waals surface area contributed by atoms with Gasteiger partial charge in [-0.1, -0.05) is 24.3 Å². The van der Waals surface area contributed by atoms with E-state index >= 15 is 0 Å². The molecule has 37 heavy (non-hydrogen) atoms. The second-order valence-corrected chi connectivity index (χ2v) is 11.4. The lowest BCUT2D eigenvalue weighted by Gasteiger charge is -2.26. The smallest absolute Gasteiger partial charge is 0.255 e. The molecule has 190 valence electrons. The van der Waals surface area contributed by atoms with Crippen molar-refractivity contribution in [2.24, 2.45) is 0 Å². The van der Waals surface area contributed by atoms with Crippen molar-refractivity contribution in [1.29, 1.82) is 0 Å². The van der Waals surface area contributed by atoms with E-state index < -0.39 is 9.84 Å². The largest absolute Gasteiger partial charge is 0.322 e. The van der Waals surface area contributed by atoms with Gasteiger partial charge in [0.25, 0.3) is 5.91 Å². The summed E-state index contributed by atoms with van der Waals surface area (Å²) in [4.78, 5) is 19.4. The molecule has 2 heterocycles. The van der Waals surface area contributed by atoms with Crippen LogP contribution in [0.15, 0.2) is 72.8 Å². The summed E-state index contributed by atoms with van der Waals surface area (Å²) in [7, 11) is -2.93. The summed E-state index contributed by atoms with van der Waals surface area (Å²) in [5, 5.41) is 10.0. The summed E-state index contributed by atoms with van der Waals surface area (Å²) in [6.07, 6.45) is 0.415. The number of aromatic nitrogens is 3. The third-order valence-electron chi connectivity index (χ3n) is 6.23. The van der Waals surface area contributed by atoms with E-state index in [0.717, 1.165) is 16.7 Å². The van der Waals surface area contributed by atoms with Crippen molar-refractivity contribution >= 4 is 21.4 Å². The molecule has 0 radical (unpaired) electrons. The summed E-state index contributed by atoms with van der Waals surface area (Å²) in [6, 6.07) is 21.0. The zero-order chi connectivity index (χ0) is 25.8. The Morgan fingerprint density at radius 3 is 2.46 bits per heavy atom. The Bertz CT molecular complexity index is 1510. The van der Waals surface area contributed by atoms with E-state index in [1.807, 2.05) is 36.4 Å². The molecule has 0 atom stereocenters. The Labute approximate surface area is 214 Å². The molecular formula is C27H26FN5O3S. The zero-order valence-electron chi connectivity index (χ0n) is 20.0. The molecule has 0 unspecified atom stereocenters. The minimum atomic E-state index is -2.93. The molecule has 1 amide bonds. The Morgan fingerprint density at radius 2 is 1.70 bits per heavy atom. The number of halogens is 1. The minimum Gasteiger partial charge on any atom is -0.322 e. The van der Waals surface area contributed by atoms with Gasteiger partial charge in [0.15, 0.2) is 21.5 Å². The first-order valence-electron chi connectivity index (χ1n) is 11.9. The number of nitrogens with zero attached hydrogens (tertiary/aromatic N) is 3. The number of carbonyl (C=O) groups is 1. The van der Waals surface area contributed by atoms with Crippen LogP contribution in [0.4, 0.5) is 10.1 Å². The maximum absolute atomic E-state index is 13.4. The number of H-pyrrole nitrogens is 1. The van der Waals surface area contributed by atoms with Crippen LogP contribution in [0, 0.1) is 5.82 Å². The fourth-order valence-corrected chi connectivity index (χ4v) is 5.50. The summed E-state index contributed by atoms with van der Waals surface area (Å²) in [5.41, 5.74) is 3.73. The van der Waals surface area contributed by atoms with Gasteiger partial charge in [-0.05, 0) is 59.7 Å². The van der Waals surface area contributed by atoms with Gasteiger partial charge in [-0.25, -0.2) is 17.8 Å². The Balaban J connectivity index is 1.19. The van der Waals surface area contributed by atoms with Gasteiger partial charge < -0.3 is 5.32 Å². The molecule has 5 rings (SSSR count). The van der Waals surface area contributed by atoms with E-state index in [1.165, 1.54) is 12.1 Å². The van der Waals surface area contributed by atoms with Crippen molar-refractivity contribution < 1.29 is 17.6 Å². The third-order valence-corrected chi connectivity index (χ3v) is 7.84. The van der Waals surface area contributed by atoms with E-state index in [4.69, 9.17) is 0 Å². The number of sulfone groups is 1. The van der Waals surface area contributed by atoms with Gasteiger partial charge in [-0.15, -0.1) is 0 Å². The average Bonchev–Trinajstić information content (AvgIpc) is 3.34. The molecule has 0 aliphatic carbocycles. The maximum atomic E-state index is 13.4. The highest BCUT2D eigenvalue weighted by Gasteiger charge is 2.21. The van der Waals surface area contributed by atoms with E-state index in [-0.39, 0.29) is 23.2 Å². The van der Waals surface area contributed by atoms with Crippen molar-refractivity contribution in [3.63, 3.8) is 0 Å². The molecule has 1 saturated heterocycles. The number of anilines is 1. The van der Waals surface area contributed by atoms with Gasteiger partial charge in [0.1, 0.15) is 5.82 Å². The van der Waals surface area contributed by atoms with E-state index in [2.05, 4.69) is 25.4 Å². The molecule has 10 heteroatoms. The number of hydrogen-bond donors (Lipinski definition) is 2. The third kappa shape index (κ3) is 6.46. The second kappa shape index (κ2) is 10.6. The van der Waals surface area contributed by atoms with Crippen molar-refractivity contribution in [2.45, 2.75) is 13.0 Å². The van der Waals surface area contributed by atoms with E-state index in [9.17, 15) is 17.6 Å². The fraction of sp³-hybridized carbons (Fsp3) is 0.222. The van der Waals surface area contributed by atoms with Crippen LogP contribution in [-0.2, 0) is 22.8 Å². The first kappa shape index (κ1) is 24.8. The highest BCUT2D eigenvalue weighted by molar-refractivity contribution is 7.91. The van der Waals surface area contributed by atoms with Crippen LogP contribution in [0.1, 0.15) is 27.3 Å². The quantitative estimate of drug-likeness (QED) is 0.386. The number of nitrogens with one attached hydrogen (secondary N) is 2. The highest BCUT2D eigenvalue weighted by atomic mass is 32.2. The number of hydrogen-bond acceptors (Lipinski definition) is 6. The van der Waals surface area contributed by atoms with Gasteiger partial charge >= 0.3 is 0 Å². The first-order valence-corrected chi connectivity index (χ1v) is 13.7. The number of amides is 1. The lowest BCUT2D eigenvalue weighted by atomic mass is 10.1. The molecule has 0 saturated carbocycles. The van der Waals surface area contributed by atoms with Gasteiger partial charge in [-0.3, -0.25) is 14.8 Å². The molecule has 4 aromatic rings. The first-order chi connectivity index (χ1) is 17.8. The Hall–Kier alpha value is -3.89. The average molecular weight is 520 g/mol. The second-order valence-electron chi connectivity index (χ2n) is 9.07. The van der Waals surface area contributed by atoms with Crippen molar-refractivity contribution in [1.82, 2.24) is 20.1 Å². The summed E-state index contributed by atoms with van der Waals surface area (Å²) >= 11 is 0. The summed E-state index contributed by atoms with van der Waals surface area (Å²) in [5.74, 6) is 0.966. The van der Waals surface area contributed by atoms with Crippen molar-refractivity contribution in [3.8, 4) is 11.4 Å². The Morgan fingerprint density at radius 1 is 0.973 bits per heavy atom.